The molecule has 1 fully saturated rings. The Kier molecular flexibility index (Phi) is 6.78. The molecule has 0 unspecified atom stereocenters. The second kappa shape index (κ2) is 9.59. The molecule has 2 aliphatic carbocycles. The Labute approximate surface area is 197 Å². The van der Waals surface area contributed by atoms with Crippen LogP contribution in [0.2, 0.25) is 0 Å². The van der Waals surface area contributed by atoms with Crippen LogP contribution in [0.25, 0.3) is 5.57 Å². The van der Waals surface area contributed by atoms with Gasteiger partial charge in [-0.2, -0.15) is 0 Å². The molecule has 2 aromatic carbocycles. The summed E-state index contributed by atoms with van der Waals surface area (Å²) in [5, 5.41) is 0. The van der Waals surface area contributed by atoms with E-state index in [4.69, 9.17) is 0 Å². The number of carbonyl (C=O) groups is 3. The van der Waals surface area contributed by atoms with Gasteiger partial charge in [0.05, 0.1) is 0 Å². The van der Waals surface area contributed by atoms with E-state index < -0.39 is 5.78 Å². The van der Waals surface area contributed by atoms with Gasteiger partial charge in [-0.15, -0.1) is 0 Å². The Morgan fingerprint density at radius 1 is 0.909 bits per heavy atom. The summed E-state index contributed by atoms with van der Waals surface area (Å²) in [7, 11) is 0. The summed E-state index contributed by atoms with van der Waals surface area (Å²) in [5.41, 5.74) is 6.56. The van der Waals surface area contributed by atoms with Crippen LogP contribution in [0, 0.1) is 31.6 Å². The highest BCUT2D eigenvalue weighted by atomic mass is 16.2. The molecule has 0 spiro atoms. The van der Waals surface area contributed by atoms with Gasteiger partial charge in [0, 0.05) is 23.0 Å². The van der Waals surface area contributed by atoms with Crippen molar-refractivity contribution in [2.24, 2.45) is 17.8 Å². The third-order valence-electron chi connectivity index (χ3n) is 7.47. The van der Waals surface area contributed by atoms with Gasteiger partial charge in [-0.3, -0.25) is 14.4 Å². The predicted molar refractivity (Wildman–Crippen MR) is 132 cm³/mol. The molecule has 1 saturated carbocycles. The molecule has 0 aliphatic heterocycles. The minimum atomic E-state index is -0.423. The first-order valence-electron chi connectivity index (χ1n) is 12.3. The lowest BCUT2D eigenvalue weighted by atomic mass is 9.75. The number of hydrogen-bond acceptors (Lipinski definition) is 3. The zero-order chi connectivity index (χ0) is 23.7. The minimum Gasteiger partial charge on any atom is -0.294 e. The highest BCUT2D eigenvalue weighted by Gasteiger charge is 2.32. The van der Waals surface area contributed by atoms with Gasteiger partial charge in [0.25, 0.3) is 0 Å². The van der Waals surface area contributed by atoms with Gasteiger partial charge < -0.3 is 0 Å². The molecule has 0 N–H and O–H groups in total. The molecule has 3 nitrogen and oxygen atoms in total. The van der Waals surface area contributed by atoms with Crippen LogP contribution in [0.4, 0.5) is 0 Å². The van der Waals surface area contributed by atoms with Gasteiger partial charge >= 0.3 is 0 Å². The highest BCUT2D eigenvalue weighted by Crippen LogP contribution is 2.37. The summed E-state index contributed by atoms with van der Waals surface area (Å²) in [6.45, 7) is 7.54. The molecule has 2 aromatic rings. The Morgan fingerprint density at radius 3 is 2.21 bits per heavy atom. The minimum absolute atomic E-state index is 0.0397. The van der Waals surface area contributed by atoms with Crippen molar-refractivity contribution >= 4 is 22.9 Å². The number of carbonyl (C=O) groups excluding carboxylic acids is 3. The number of fused-ring (bicyclic) bond motifs is 1. The van der Waals surface area contributed by atoms with E-state index in [0.717, 1.165) is 48.8 Å². The lowest BCUT2D eigenvalue weighted by Crippen LogP contribution is -2.24. The van der Waals surface area contributed by atoms with Crippen LogP contribution in [0.5, 0.6) is 0 Å². The molecule has 172 valence electrons. The predicted octanol–water partition coefficient (Wildman–Crippen LogP) is 6.27. The van der Waals surface area contributed by atoms with Crippen LogP contribution in [0.3, 0.4) is 0 Å². The van der Waals surface area contributed by atoms with E-state index in [1.54, 1.807) is 13.8 Å². The van der Waals surface area contributed by atoms with E-state index in [1.807, 2.05) is 25.1 Å². The third-order valence-corrected chi connectivity index (χ3v) is 7.47. The Balaban J connectivity index is 1.46. The Hall–Kier alpha value is -2.81. The fraction of sp³-hybridized carbons (Fsp3) is 0.433. The summed E-state index contributed by atoms with van der Waals surface area (Å²) in [6.07, 6.45) is 7.55. The maximum absolute atomic E-state index is 13.5. The standard InChI is InChI=1S/C30H34O3/c1-18(2)28(31)30(33)26-16-14-23-13-15-25(20(4)27(23)26)29(32)24-11-9-22(10-12-24)17-21-7-5-19(3)6-8-21/h5-8,13,15-16,18,22,24H,9-12,14,17H2,1-4H3. The van der Waals surface area contributed by atoms with E-state index in [0.29, 0.717) is 23.5 Å². The van der Waals surface area contributed by atoms with Crippen LogP contribution in [0.1, 0.15) is 77.7 Å². The maximum Gasteiger partial charge on any atom is 0.229 e. The summed E-state index contributed by atoms with van der Waals surface area (Å²) in [4.78, 5) is 38.6. The van der Waals surface area contributed by atoms with Crippen molar-refractivity contribution < 1.29 is 14.4 Å². The first-order chi connectivity index (χ1) is 15.8. The van der Waals surface area contributed by atoms with Crippen molar-refractivity contribution in [2.45, 2.75) is 66.2 Å². The number of ketones is 3. The smallest absolute Gasteiger partial charge is 0.229 e. The lowest BCUT2D eigenvalue weighted by Gasteiger charge is -2.28. The largest absolute Gasteiger partial charge is 0.294 e. The molecular weight excluding hydrogens is 408 g/mol. The number of hydrogen-bond donors (Lipinski definition) is 0. The van der Waals surface area contributed by atoms with Crippen LogP contribution in [0.15, 0.2) is 42.5 Å². The zero-order valence-corrected chi connectivity index (χ0v) is 20.2. The number of rotatable bonds is 7. The van der Waals surface area contributed by atoms with Crippen molar-refractivity contribution in [2.75, 3.05) is 0 Å². The third kappa shape index (κ3) is 4.78. The summed E-state index contributed by atoms with van der Waals surface area (Å²) >= 11 is 0. The monoisotopic (exact) mass is 442 g/mol. The van der Waals surface area contributed by atoms with Gasteiger partial charge in [-0.05, 0) is 80.5 Å². The second-order valence-corrected chi connectivity index (χ2v) is 10.2. The van der Waals surface area contributed by atoms with Crippen LogP contribution >= 0.6 is 0 Å². The summed E-state index contributed by atoms with van der Waals surface area (Å²) in [5.74, 6) is -0.254. The van der Waals surface area contributed by atoms with Crippen molar-refractivity contribution in [1.29, 1.82) is 0 Å². The van der Waals surface area contributed by atoms with Crippen LogP contribution in [-0.2, 0) is 22.4 Å². The molecule has 0 atom stereocenters. The number of benzene rings is 2. The molecule has 0 heterocycles. The fourth-order valence-electron chi connectivity index (χ4n) is 5.40. The average molecular weight is 443 g/mol. The lowest BCUT2D eigenvalue weighted by molar-refractivity contribution is -0.135. The van der Waals surface area contributed by atoms with Crippen LogP contribution in [-0.4, -0.2) is 17.3 Å². The van der Waals surface area contributed by atoms with Crippen molar-refractivity contribution in [3.8, 4) is 0 Å². The molecule has 4 rings (SSSR count). The Morgan fingerprint density at radius 2 is 1.58 bits per heavy atom. The van der Waals surface area contributed by atoms with E-state index in [2.05, 4.69) is 31.2 Å². The quantitative estimate of drug-likeness (QED) is 0.375. The van der Waals surface area contributed by atoms with E-state index >= 15 is 0 Å². The maximum atomic E-state index is 13.5. The molecule has 0 amide bonds. The second-order valence-electron chi connectivity index (χ2n) is 10.2. The molecular formula is C30H34O3. The number of Topliss-reactive ketones (excluding diaryl/α,β-unsaturated/α-hetero) is 3. The summed E-state index contributed by atoms with van der Waals surface area (Å²) in [6, 6.07) is 12.7. The topological polar surface area (TPSA) is 51.2 Å². The first kappa shape index (κ1) is 23.4. The molecule has 3 heteroatoms. The fourth-order valence-corrected chi connectivity index (χ4v) is 5.40. The molecule has 0 radical (unpaired) electrons. The number of aryl methyl sites for hydroxylation is 1. The molecule has 33 heavy (non-hydrogen) atoms. The van der Waals surface area contributed by atoms with Crippen molar-refractivity contribution in [3.63, 3.8) is 0 Å². The van der Waals surface area contributed by atoms with Gasteiger partial charge in [0.2, 0.25) is 11.6 Å². The van der Waals surface area contributed by atoms with Gasteiger partial charge in [-0.25, -0.2) is 0 Å². The SMILES string of the molecule is Cc1ccc(CC2CCC(C(=O)c3ccc4c(c3C)C(C(=O)C(=O)C(C)C)=CC4)CC2)cc1. The molecule has 2 aliphatic rings. The molecule has 0 saturated heterocycles. The van der Waals surface area contributed by atoms with E-state index in [9.17, 15) is 14.4 Å². The highest BCUT2D eigenvalue weighted by molar-refractivity contribution is 6.54. The summed E-state index contributed by atoms with van der Waals surface area (Å²) < 4.78 is 0. The molecule has 0 bridgehead atoms. The van der Waals surface area contributed by atoms with Gasteiger partial charge in [0.1, 0.15) is 0 Å². The molecule has 0 aromatic heterocycles. The first-order valence-corrected chi connectivity index (χ1v) is 12.3. The van der Waals surface area contributed by atoms with Gasteiger partial charge in [-0.1, -0.05) is 61.9 Å². The number of allylic oxidation sites excluding steroid dienone is 2. The normalized spacial score (nSPS) is 19.8. The van der Waals surface area contributed by atoms with E-state index in [-0.39, 0.29) is 23.4 Å². The van der Waals surface area contributed by atoms with Gasteiger partial charge in [0.15, 0.2) is 5.78 Å². The Bertz CT molecular complexity index is 1110. The van der Waals surface area contributed by atoms with Crippen molar-refractivity contribution in [1.82, 2.24) is 0 Å². The van der Waals surface area contributed by atoms with Crippen molar-refractivity contribution in [3.05, 3.63) is 75.9 Å². The zero-order valence-electron chi connectivity index (χ0n) is 20.2. The average Bonchev–Trinajstić information content (AvgIpc) is 3.25. The van der Waals surface area contributed by atoms with Crippen LogP contribution < -0.4 is 0 Å². The van der Waals surface area contributed by atoms with E-state index in [1.165, 1.54) is 11.1 Å².